The average Bonchev–Trinajstić information content (AvgIpc) is 2.71. The summed E-state index contributed by atoms with van der Waals surface area (Å²) in [6.45, 7) is 0.825. The largest absolute Gasteiger partial charge is 0.489 e. The summed E-state index contributed by atoms with van der Waals surface area (Å²) in [5.41, 5.74) is 3.08. The van der Waals surface area contributed by atoms with Gasteiger partial charge in [0.15, 0.2) is 9.84 Å². The van der Waals surface area contributed by atoms with Gasteiger partial charge in [-0.15, -0.1) is 0 Å². The van der Waals surface area contributed by atoms with Crippen LogP contribution in [0.1, 0.15) is 27.0 Å². The molecular formula is C22H22N2O4S. The van der Waals surface area contributed by atoms with Gasteiger partial charge in [-0.05, 0) is 41.5 Å². The molecule has 1 aromatic heterocycles. The van der Waals surface area contributed by atoms with Crippen molar-refractivity contribution in [1.82, 2.24) is 10.3 Å². The minimum Gasteiger partial charge on any atom is -0.489 e. The van der Waals surface area contributed by atoms with Crippen molar-refractivity contribution in [3.8, 4) is 5.75 Å². The van der Waals surface area contributed by atoms with E-state index in [0.717, 1.165) is 16.9 Å². The van der Waals surface area contributed by atoms with E-state index in [2.05, 4.69) is 10.3 Å². The quantitative estimate of drug-likeness (QED) is 0.617. The molecule has 29 heavy (non-hydrogen) atoms. The Labute approximate surface area is 170 Å². The Kier molecular flexibility index (Phi) is 6.61. The maximum Gasteiger partial charge on any atom is 0.251 e. The molecule has 1 N–H and O–H groups in total. The van der Waals surface area contributed by atoms with Crippen molar-refractivity contribution in [2.24, 2.45) is 0 Å². The second-order valence-electron chi connectivity index (χ2n) is 6.74. The number of ether oxygens (including phenoxy) is 1. The lowest BCUT2D eigenvalue weighted by atomic mass is 10.1. The van der Waals surface area contributed by atoms with Gasteiger partial charge in [-0.3, -0.25) is 9.78 Å². The van der Waals surface area contributed by atoms with E-state index >= 15 is 0 Å². The first-order valence-corrected chi connectivity index (χ1v) is 11.1. The second-order valence-corrected chi connectivity index (χ2v) is 8.88. The monoisotopic (exact) mass is 410 g/mol. The van der Waals surface area contributed by atoms with Crippen molar-refractivity contribution in [2.45, 2.75) is 18.9 Å². The minimum atomic E-state index is -3.09. The highest BCUT2D eigenvalue weighted by atomic mass is 32.2. The molecule has 0 atom stereocenters. The number of aromatic nitrogens is 1. The Bertz CT molecular complexity index is 1050. The number of rotatable bonds is 8. The van der Waals surface area contributed by atoms with Gasteiger partial charge in [0.2, 0.25) is 0 Å². The normalized spacial score (nSPS) is 11.1. The number of hydrogen-bond donors (Lipinski definition) is 1. The van der Waals surface area contributed by atoms with E-state index in [1.54, 1.807) is 36.7 Å². The van der Waals surface area contributed by atoms with Gasteiger partial charge < -0.3 is 10.1 Å². The summed E-state index contributed by atoms with van der Waals surface area (Å²) in [6.07, 6.45) is 4.66. The molecule has 0 aliphatic rings. The number of nitrogens with one attached hydrogen (secondary N) is 1. The maximum atomic E-state index is 12.3. The zero-order chi connectivity index (χ0) is 20.7. The molecule has 150 valence electrons. The zero-order valence-electron chi connectivity index (χ0n) is 16.0. The number of pyridine rings is 1. The minimum absolute atomic E-state index is 0.0376. The van der Waals surface area contributed by atoms with Crippen molar-refractivity contribution in [3.63, 3.8) is 0 Å². The van der Waals surface area contributed by atoms with Gasteiger partial charge in [-0.2, -0.15) is 0 Å². The van der Waals surface area contributed by atoms with Crippen LogP contribution in [0, 0.1) is 0 Å². The SMILES string of the molecule is CS(=O)(=O)Cc1ccc(C(=O)NCc2ccc(OCc3cccnc3)cc2)cc1. The van der Waals surface area contributed by atoms with E-state index < -0.39 is 9.84 Å². The van der Waals surface area contributed by atoms with Crippen LogP contribution in [0.5, 0.6) is 5.75 Å². The van der Waals surface area contributed by atoms with Crippen LogP contribution >= 0.6 is 0 Å². The van der Waals surface area contributed by atoms with E-state index in [0.29, 0.717) is 24.3 Å². The summed E-state index contributed by atoms with van der Waals surface area (Å²) in [7, 11) is -3.09. The highest BCUT2D eigenvalue weighted by Crippen LogP contribution is 2.14. The third-order valence-corrected chi connectivity index (χ3v) is 5.01. The molecule has 0 radical (unpaired) electrons. The van der Waals surface area contributed by atoms with Crippen molar-refractivity contribution in [2.75, 3.05) is 6.26 Å². The van der Waals surface area contributed by atoms with E-state index in [1.165, 1.54) is 6.26 Å². The summed E-state index contributed by atoms with van der Waals surface area (Å²) in [5, 5.41) is 2.85. The molecule has 1 heterocycles. The first-order chi connectivity index (χ1) is 13.9. The van der Waals surface area contributed by atoms with Gasteiger partial charge in [0, 0.05) is 36.3 Å². The molecule has 0 aliphatic carbocycles. The van der Waals surface area contributed by atoms with Crippen molar-refractivity contribution in [3.05, 3.63) is 95.3 Å². The molecule has 3 rings (SSSR count). The van der Waals surface area contributed by atoms with Crippen molar-refractivity contribution < 1.29 is 17.9 Å². The lowest BCUT2D eigenvalue weighted by Gasteiger charge is -2.09. The molecule has 3 aromatic rings. The lowest BCUT2D eigenvalue weighted by molar-refractivity contribution is 0.0951. The van der Waals surface area contributed by atoms with Gasteiger partial charge in [-0.1, -0.05) is 30.3 Å². The highest BCUT2D eigenvalue weighted by molar-refractivity contribution is 7.89. The molecule has 0 spiro atoms. The third kappa shape index (κ3) is 6.73. The van der Waals surface area contributed by atoms with Crippen LogP contribution in [0.3, 0.4) is 0 Å². The molecule has 0 saturated heterocycles. The smallest absolute Gasteiger partial charge is 0.251 e. The molecule has 0 bridgehead atoms. The Morgan fingerprint density at radius 3 is 2.28 bits per heavy atom. The summed E-state index contributed by atoms with van der Waals surface area (Å²) in [5.74, 6) is 0.489. The van der Waals surface area contributed by atoms with Crippen LogP contribution < -0.4 is 10.1 Å². The summed E-state index contributed by atoms with van der Waals surface area (Å²) in [6, 6.07) is 17.9. The molecule has 6 nitrogen and oxygen atoms in total. The van der Waals surface area contributed by atoms with Crippen LogP contribution in [-0.4, -0.2) is 25.6 Å². The van der Waals surface area contributed by atoms with Crippen molar-refractivity contribution >= 4 is 15.7 Å². The number of carbonyl (C=O) groups excluding carboxylic acids is 1. The van der Waals surface area contributed by atoms with Gasteiger partial charge in [0.05, 0.1) is 5.75 Å². The predicted octanol–water partition coefficient (Wildman–Crippen LogP) is 3.14. The van der Waals surface area contributed by atoms with Gasteiger partial charge >= 0.3 is 0 Å². The third-order valence-electron chi connectivity index (χ3n) is 4.15. The van der Waals surface area contributed by atoms with E-state index in [1.807, 2.05) is 36.4 Å². The van der Waals surface area contributed by atoms with Crippen LogP contribution in [-0.2, 0) is 28.7 Å². The molecule has 0 saturated carbocycles. The number of nitrogens with zero attached hydrogens (tertiary/aromatic N) is 1. The molecule has 7 heteroatoms. The molecule has 0 fully saturated rings. The maximum absolute atomic E-state index is 12.3. The number of amides is 1. The molecule has 1 amide bonds. The number of hydrogen-bond acceptors (Lipinski definition) is 5. The Balaban J connectivity index is 1.49. The Morgan fingerprint density at radius 1 is 0.966 bits per heavy atom. The first kappa shape index (κ1) is 20.5. The zero-order valence-corrected chi connectivity index (χ0v) is 16.9. The van der Waals surface area contributed by atoms with E-state index in [-0.39, 0.29) is 11.7 Å². The predicted molar refractivity (Wildman–Crippen MR) is 111 cm³/mol. The van der Waals surface area contributed by atoms with Gasteiger partial charge in [-0.25, -0.2) is 8.42 Å². The molecule has 0 unspecified atom stereocenters. The fraction of sp³-hybridized carbons (Fsp3) is 0.182. The van der Waals surface area contributed by atoms with Crippen LogP contribution in [0.25, 0.3) is 0 Å². The highest BCUT2D eigenvalue weighted by Gasteiger charge is 2.08. The summed E-state index contributed by atoms with van der Waals surface area (Å²) >= 11 is 0. The fourth-order valence-corrected chi connectivity index (χ4v) is 3.49. The molecule has 2 aromatic carbocycles. The number of benzene rings is 2. The Hall–Kier alpha value is -3.19. The van der Waals surface area contributed by atoms with Gasteiger partial charge in [0.25, 0.3) is 5.91 Å². The summed E-state index contributed by atoms with van der Waals surface area (Å²) in [4.78, 5) is 16.3. The number of carbonyl (C=O) groups is 1. The molecule has 0 aliphatic heterocycles. The standard InChI is InChI=1S/C22H22N2O4S/c1-29(26,27)16-18-4-8-20(9-5-18)22(25)24-14-17-6-10-21(11-7-17)28-15-19-3-2-12-23-13-19/h2-13H,14-16H2,1H3,(H,24,25). The van der Waals surface area contributed by atoms with Gasteiger partial charge in [0.1, 0.15) is 12.4 Å². The van der Waals surface area contributed by atoms with E-state index in [4.69, 9.17) is 4.74 Å². The van der Waals surface area contributed by atoms with E-state index in [9.17, 15) is 13.2 Å². The lowest BCUT2D eigenvalue weighted by Crippen LogP contribution is -2.22. The first-order valence-electron chi connectivity index (χ1n) is 9.04. The van der Waals surface area contributed by atoms with Crippen LogP contribution in [0.15, 0.2) is 73.1 Å². The summed E-state index contributed by atoms with van der Waals surface area (Å²) < 4.78 is 28.4. The average molecular weight is 410 g/mol. The van der Waals surface area contributed by atoms with Crippen LogP contribution in [0.4, 0.5) is 0 Å². The van der Waals surface area contributed by atoms with Crippen LogP contribution in [0.2, 0.25) is 0 Å². The fourth-order valence-electron chi connectivity index (χ4n) is 2.69. The van der Waals surface area contributed by atoms with Crippen molar-refractivity contribution in [1.29, 1.82) is 0 Å². The second kappa shape index (κ2) is 9.34. The number of sulfone groups is 1. The molecular weight excluding hydrogens is 388 g/mol. The topological polar surface area (TPSA) is 85.4 Å². The Morgan fingerprint density at radius 2 is 1.66 bits per heavy atom.